The van der Waals surface area contributed by atoms with Crippen molar-refractivity contribution in [1.82, 2.24) is 4.31 Å². The molecule has 0 spiro atoms. The van der Waals surface area contributed by atoms with E-state index in [4.69, 9.17) is 4.74 Å². The number of morpholine rings is 1. The van der Waals surface area contributed by atoms with Gasteiger partial charge in [-0.25, -0.2) is 8.42 Å². The number of benzene rings is 2. The second-order valence-corrected chi connectivity index (χ2v) is 9.88. The van der Waals surface area contributed by atoms with Gasteiger partial charge in [0, 0.05) is 24.3 Å². The number of rotatable bonds is 5. The highest BCUT2D eigenvalue weighted by Crippen LogP contribution is 2.30. The Morgan fingerprint density at radius 3 is 2.53 bits per heavy atom. The summed E-state index contributed by atoms with van der Waals surface area (Å²) < 4.78 is 32.4. The van der Waals surface area contributed by atoms with Crippen molar-refractivity contribution in [2.75, 3.05) is 31.6 Å². The van der Waals surface area contributed by atoms with Gasteiger partial charge >= 0.3 is 0 Å². The number of anilines is 1. The Kier molecular flexibility index (Phi) is 6.01. The summed E-state index contributed by atoms with van der Waals surface area (Å²) in [7, 11) is -3.62. The standard InChI is InChI=1S/C22H22N2O4S2/c1-16-5-7-17(8-6-16)20-9-14-29-21(20)22(25)23-18-3-2-4-19(15-18)30(26,27)24-10-12-28-13-11-24/h2-9,14-15H,10-13H2,1H3,(H,23,25). The van der Waals surface area contributed by atoms with Gasteiger partial charge in [0.15, 0.2) is 0 Å². The summed E-state index contributed by atoms with van der Waals surface area (Å²) in [6.07, 6.45) is 0. The second-order valence-electron chi connectivity index (χ2n) is 7.03. The lowest BCUT2D eigenvalue weighted by Gasteiger charge is -2.26. The quantitative estimate of drug-likeness (QED) is 0.648. The number of ether oxygens (including phenoxy) is 1. The van der Waals surface area contributed by atoms with Crippen LogP contribution < -0.4 is 5.32 Å². The second kappa shape index (κ2) is 8.69. The van der Waals surface area contributed by atoms with Crippen LogP contribution in [0.2, 0.25) is 0 Å². The van der Waals surface area contributed by atoms with Crippen LogP contribution in [-0.4, -0.2) is 44.9 Å². The van der Waals surface area contributed by atoms with Crippen LogP contribution in [0.5, 0.6) is 0 Å². The number of aryl methyl sites for hydroxylation is 1. The lowest BCUT2D eigenvalue weighted by molar-refractivity contribution is 0.0730. The van der Waals surface area contributed by atoms with Gasteiger partial charge in [-0.2, -0.15) is 4.31 Å². The third kappa shape index (κ3) is 4.32. The van der Waals surface area contributed by atoms with E-state index in [1.165, 1.54) is 21.7 Å². The minimum Gasteiger partial charge on any atom is -0.379 e. The molecule has 1 amide bonds. The van der Waals surface area contributed by atoms with Gasteiger partial charge in [-0.15, -0.1) is 11.3 Å². The number of hydrogen-bond donors (Lipinski definition) is 1. The largest absolute Gasteiger partial charge is 0.379 e. The average molecular weight is 443 g/mol. The molecule has 1 saturated heterocycles. The van der Waals surface area contributed by atoms with E-state index < -0.39 is 10.0 Å². The lowest BCUT2D eigenvalue weighted by atomic mass is 10.0. The summed E-state index contributed by atoms with van der Waals surface area (Å²) in [5.41, 5.74) is 3.42. The molecule has 2 aromatic carbocycles. The molecule has 0 atom stereocenters. The Morgan fingerprint density at radius 2 is 1.80 bits per heavy atom. The number of carbonyl (C=O) groups is 1. The molecule has 4 rings (SSSR count). The van der Waals surface area contributed by atoms with E-state index in [0.29, 0.717) is 36.9 Å². The summed E-state index contributed by atoms with van der Waals surface area (Å²) >= 11 is 1.36. The molecule has 1 N–H and O–H groups in total. The molecule has 30 heavy (non-hydrogen) atoms. The Balaban J connectivity index is 1.56. The fourth-order valence-corrected chi connectivity index (χ4v) is 5.57. The number of sulfonamides is 1. The van der Waals surface area contributed by atoms with Gasteiger partial charge in [-0.3, -0.25) is 4.79 Å². The number of amides is 1. The fourth-order valence-electron chi connectivity index (χ4n) is 3.30. The highest BCUT2D eigenvalue weighted by Gasteiger charge is 2.26. The smallest absolute Gasteiger partial charge is 0.266 e. The van der Waals surface area contributed by atoms with Gasteiger partial charge < -0.3 is 10.1 Å². The van der Waals surface area contributed by atoms with Gasteiger partial charge in [0.05, 0.1) is 23.0 Å². The maximum Gasteiger partial charge on any atom is 0.266 e. The maximum absolute atomic E-state index is 12.9. The van der Waals surface area contributed by atoms with E-state index in [-0.39, 0.29) is 10.8 Å². The fraction of sp³-hybridized carbons (Fsp3) is 0.227. The molecule has 6 nitrogen and oxygen atoms in total. The molecule has 0 saturated carbocycles. The number of hydrogen-bond acceptors (Lipinski definition) is 5. The van der Waals surface area contributed by atoms with Gasteiger partial charge in [0.25, 0.3) is 5.91 Å². The normalized spacial score (nSPS) is 15.1. The van der Waals surface area contributed by atoms with Crippen LogP contribution in [0, 0.1) is 6.92 Å². The third-order valence-electron chi connectivity index (χ3n) is 4.93. The molecule has 0 aliphatic carbocycles. The lowest BCUT2D eigenvalue weighted by Crippen LogP contribution is -2.40. The number of nitrogens with one attached hydrogen (secondary N) is 1. The molecular weight excluding hydrogens is 420 g/mol. The van der Waals surface area contributed by atoms with Crippen LogP contribution >= 0.6 is 11.3 Å². The minimum atomic E-state index is -3.62. The van der Waals surface area contributed by atoms with E-state index in [9.17, 15) is 13.2 Å². The number of thiophene rings is 1. The first-order chi connectivity index (χ1) is 14.4. The van der Waals surface area contributed by atoms with Gasteiger partial charge in [-0.05, 0) is 42.1 Å². The first-order valence-electron chi connectivity index (χ1n) is 9.59. The Labute approximate surface area is 180 Å². The van der Waals surface area contributed by atoms with Crippen LogP contribution in [-0.2, 0) is 14.8 Å². The Morgan fingerprint density at radius 1 is 1.07 bits per heavy atom. The minimum absolute atomic E-state index is 0.159. The molecule has 1 aromatic heterocycles. The molecule has 1 fully saturated rings. The molecule has 0 unspecified atom stereocenters. The van der Waals surface area contributed by atoms with E-state index >= 15 is 0 Å². The van der Waals surface area contributed by atoms with Crippen LogP contribution in [0.25, 0.3) is 11.1 Å². The molecule has 1 aliphatic heterocycles. The van der Waals surface area contributed by atoms with E-state index in [2.05, 4.69) is 5.32 Å². The van der Waals surface area contributed by atoms with Gasteiger partial charge in [0.1, 0.15) is 0 Å². The third-order valence-corrected chi connectivity index (χ3v) is 7.74. The van der Waals surface area contributed by atoms with Crippen molar-refractivity contribution in [3.8, 4) is 11.1 Å². The molecule has 2 heterocycles. The molecule has 0 bridgehead atoms. The van der Waals surface area contributed by atoms with Crippen molar-refractivity contribution in [2.45, 2.75) is 11.8 Å². The van der Waals surface area contributed by atoms with Crippen molar-refractivity contribution in [3.05, 3.63) is 70.4 Å². The Hall–Kier alpha value is -2.52. The highest BCUT2D eigenvalue weighted by molar-refractivity contribution is 7.89. The topological polar surface area (TPSA) is 75.7 Å². The molecule has 0 radical (unpaired) electrons. The highest BCUT2D eigenvalue weighted by atomic mass is 32.2. The molecule has 156 valence electrons. The van der Waals surface area contributed by atoms with Crippen molar-refractivity contribution in [2.24, 2.45) is 0 Å². The van der Waals surface area contributed by atoms with Crippen molar-refractivity contribution < 1.29 is 17.9 Å². The zero-order valence-electron chi connectivity index (χ0n) is 16.5. The summed E-state index contributed by atoms with van der Waals surface area (Å²) in [4.78, 5) is 13.7. The summed E-state index contributed by atoms with van der Waals surface area (Å²) in [6.45, 7) is 3.44. The monoisotopic (exact) mass is 442 g/mol. The van der Waals surface area contributed by atoms with Crippen LogP contribution in [0.15, 0.2) is 64.9 Å². The zero-order valence-corrected chi connectivity index (χ0v) is 18.1. The van der Waals surface area contributed by atoms with Crippen LogP contribution in [0.1, 0.15) is 15.2 Å². The first-order valence-corrected chi connectivity index (χ1v) is 11.9. The predicted molar refractivity (Wildman–Crippen MR) is 118 cm³/mol. The molecule has 3 aromatic rings. The first kappa shape index (κ1) is 20.7. The predicted octanol–water partition coefficient (Wildman–Crippen LogP) is 4.00. The van der Waals surface area contributed by atoms with Crippen molar-refractivity contribution >= 4 is 33.0 Å². The number of nitrogens with zero attached hydrogens (tertiary/aromatic N) is 1. The SMILES string of the molecule is Cc1ccc(-c2ccsc2C(=O)Nc2cccc(S(=O)(=O)N3CCOCC3)c2)cc1. The van der Waals surface area contributed by atoms with E-state index in [1.807, 2.05) is 42.6 Å². The summed E-state index contributed by atoms with van der Waals surface area (Å²) in [6, 6.07) is 16.3. The average Bonchev–Trinajstić information content (AvgIpc) is 3.25. The van der Waals surface area contributed by atoms with Gasteiger partial charge in [0.2, 0.25) is 10.0 Å². The van der Waals surface area contributed by atoms with Gasteiger partial charge in [-0.1, -0.05) is 35.9 Å². The number of carbonyl (C=O) groups excluding carboxylic acids is 1. The molecule has 1 aliphatic rings. The van der Waals surface area contributed by atoms with Crippen LogP contribution in [0.3, 0.4) is 0 Å². The molecular formula is C22H22N2O4S2. The van der Waals surface area contributed by atoms with Crippen molar-refractivity contribution in [3.63, 3.8) is 0 Å². The Bertz CT molecular complexity index is 1150. The van der Waals surface area contributed by atoms with E-state index in [0.717, 1.165) is 16.7 Å². The van der Waals surface area contributed by atoms with Crippen molar-refractivity contribution in [1.29, 1.82) is 0 Å². The zero-order chi connectivity index (χ0) is 21.1. The van der Waals surface area contributed by atoms with Crippen LogP contribution in [0.4, 0.5) is 5.69 Å². The van der Waals surface area contributed by atoms with E-state index in [1.54, 1.807) is 18.2 Å². The maximum atomic E-state index is 12.9. The summed E-state index contributed by atoms with van der Waals surface area (Å²) in [5, 5.41) is 4.72. The molecule has 8 heteroatoms. The summed E-state index contributed by atoms with van der Waals surface area (Å²) in [5.74, 6) is -0.263.